The summed E-state index contributed by atoms with van der Waals surface area (Å²) in [4.78, 5) is 10.0. The second-order valence-electron chi connectivity index (χ2n) is 10.5. The van der Waals surface area contributed by atoms with Crippen molar-refractivity contribution in [1.29, 1.82) is 0 Å². The van der Waals surface area contributed by atoms with Crippen molar-refractivity contribution in [2.75, 3.05) is 13.1 Å². The highest BCUT2D eigenvalue weighted by atomic mass is 19.4. The molecular weight excluding hydrogens is 537 g/mol. The van der Waals surface area contributed by atoms with Crippen LogP contribution < -0.4 is 10.1 Å². The lowest BCUT2D eigenvalue weighted by molar-refractivity contribution is -0.137. The van der Waals surface area contributed by atoms with Crippen LogP contribution in [0.3, 0.4) is 0 Å². The molecule has 3 heterocycles. The van der Waals surface area contributed by atoms with E-state index in [4.69, 9.17) is 14.7 Å². The molecule has 1 N–H and O–H groups in total. The van der Waals surface area contributed by atoms with Crippen LogP contribution in [0.5, 0.6) is 11.5 Å². The minimum Gasteiger partial charge on any atom is -0.457 e. The molecule has 8 heteroatoms. The molecule has 1 aliphatic rings. The number of rotatable bonds is 5. The Morgan fingerprint density at radius 1 is 0.762 bits per heavy atom. The number of alkyl halides is 3. The number of nitrogens with zero attached hydrogens (tertiary/aromatic N) is 3. The molecule has 0 atom stereocenters. The Hall–Kier alpha value is -4.69. The van der Waals surface area contributed by atoms with Crippen LogP contribution in [-0.2, 0) is 6.18 Å². The van der Waals surface area contributed by atoms with Crippen molar-refractivity contribution in [1.82, 2.24) is 19.9 Å². The van der Waals surface area contributed by atoms with Crippen LogP contribution in [0.25, 0.3) is 44.5 Å². The first-order valence-electron chi connectivity index (χ1n) is 14.0. The first-order chi connectivity index (χ1) is 20.4. The summed E-state index contributed by atoms with van der Waals surface area (Å²) in [7, 11) is 0. The summed E-state index contributed by atoms with van der Waals surface area (Å²) in [6, 6.07) is 29.1. The maximum atomic E-state index is 13.3. The molecule has 0 saturated carbocycles. The Kier molecular flexibility index (Phi) is 6.63. The SMILES string of the molecule is FC(F)(F)c1cccc(Oc2cccc(-c3nc4c(-c5ccc6ccccc6c5)ccnc4n3C3CCNCC3)c2)c1. The van der Waals surface area contributed by atoms with E-state index in [1.54, 1.807) is 6.07 Å². The van der Waals surface area contributed by atoms with E-state index < -0.39 is 11.7 Å². The molecule has 1 saturated heterocycles. The van der Waals surface area contributed by atoms with Crippen LogP contribution in [-0.4, -0.2) is 27.6 Å². The summed E-state index contributed by atoms with van der Waals surface area (Å²) >= 11 is 0. The number of piperidine rings is 1. The number of halogens is 3. The molecule has 0 unspecified atom stereocenters. The smallest absolute Gasteiger partial charge is 0.416 e. The lowest BCUT2D eigenvalue weighted by Gasteiger charge is -2.26. The predicted octanol–water partition coefficient (Wildman–Crippen LogP) is 8.65. The average Bonchev–Trinajstić information content (AvgIpc) is 3.41. The molecular formula is C34H27F3N4O. The largest absolute Gasteiger partial charge is 0.457 e. The molecule has 4 aromatic carbocycles. The first-order valence-corrected chi connectivity index (χ1v) is 14.0. The Morgan fingerprint density at radius 3 is 2.33 bits per heavy atom. The van der Waals surface area contributed by atoms with Crippen molar-refractivity contribution in [2.24, 2.45) is 0 Å². The van der Waals surface area contributed by atoms with E-state index in [1.807, 2.05) is 42.6 Å². The summed E-state index contributed by atoms with van der Waals surface area (Å²) in [5.41, 5.74) is 3.73. The fourth-order valence-corrected chi connectivity index (χ4v) is 5.76. The van der Waals surface area contributed by atoms with E-state index in [9.17, 15) is 13.2 Å². The van der Waals surface area contributed by atoms with Gasteiger partial charge in [0.15, 0.2) is 5.65 Å². The second kappa shape index (κ2) is 10.6. The molecule has 210 valence electrons. The van der Waals surface area contributed by atoms with Crippen LogP contribution in [0, 0.1) is 0 Å². The number of fused-ring (bicyclic) bond motifs is 2. The van der Waals surface area contributed by atoms with Gasteiger partial charge in [-0.05, 0) is 84.7 Å². The summed E-state index contributed by atoms with van der Waals surface area (Å²) in [6.45, 7) is 1.79. The monoisotopic (exact) mass is 564 g/mol. The third kappa shape index (κ3) is 4.99. The van der Waals surface area contributed by atoms with E-state index in [-0.39, 0.29) is 11.8 Å². The molecule has 7 rings (SSSR count). The number of hydrogen-bond acceptors (Lipinski definition) is 4. The first kappa shape index (κ1) is 26.2. The molecule has 0 spiro atoms. The lowest BCUT2D eigenvalue weighted by Crippen LogP contribution is -2.29. The van der Waals surface area contributed by atoms with Crippen molar-refractivity contribution in [3.63, 3.8) is 0 Å². The van der Waals surface area contributed by atoms with Crippen LogP contribution in [0.1, 0.15) is 24.4 Å². The zero-order chi connectivity index (χ0) is 28.7. The number of benzene rings is 4. The zero-order valence-electron chi connectivity index (χ0n) is 22.6. The highest BCUT2D eigenvalue weighted by Gasteiger charge is 2.31. The van der Waals surface area contributed by atoms with E-state index in [0.29, 0.717) is 5.75 Å². The highest BCUT2D eigenvalue weighted by Crippen LogP contribution is 2.38. The molecule has 1 aliphatic heterocycles. The molecule has 1 fully saturated rings. The van der Waals surface area contributed by atoms with Gasteiger partial charge in [-0.25, -0.2) is 9.97 Å². The van der Waals surface area contributed by atoms with Crippen molar-refractivity contribution >= 4 is 21.9 Å². The van der Waals surface area contributed by atoms with Gasteiger partial charge >= 0.3 is 6.18 Å². The van der Waals surface area contributed by atoms with Crippen LogP contribution in [0.4, 0.5) is 13.2 Å². The van der Waals surface area contributed by atoms with Gasteiger partial charge in [0.2, 0.25) is 0 Å². The predicted molar refractivity (Wildman–Crippen MR) is 159 cm³/mol. The summed E-state index contributed by atoms with van der Waals surface area (Å²) in [5.74, 6) is 1.31. The fraction of sp³-hybridized carbons (Fsp3) is 0.176. The number of pyridine rings is 1. The number of ether oxygens (including phenoxy) is 1. The molecule has 0 radical (unpaired) electrons. The fourth-order valence-electron chi connectivity index (χ4n) is 5.76. The molecule has 5 nitrogen and oxygen atoms in total. The average molecular weight is 565 g/mol. The maximum Gasteiger partial charge on any atom is 0.416 e. The van der Waals surface area contributed by atoms with Gasteiger partial charge in [-0.1, -0.05) is 54.6 Å². The minimum atomic E-state index is -4.45. The van der Waals surface area contributed by atoms with Crippen molar-refractivity contribution < 1.29 is 17.9 Å². The quantitative estimate of drug-likeness (QED) is 0.228. The van der Waals surface area contributed by atoms with Crippen LogP contribution in [0.2, 0.25) is 0 Å². The lowest BCUT2D eigenvalue weighted by atomic mass is 10.0. The summed E-state index contributed by atoms with van der Waals surface area (Å²) < 4.78 is 47.9. The zero-order valence-corrected chi connectivity index (χ0v) is 22.6. The Bertz CT molecular complexity index is 1910. The Morgan fingerprint density at radius 2 is 1.52 bits per heavy atom. The van der Waals surface area contributed by atoms with E-state index in [1.165, 1.54) is 17.5 Å². The number of hydrogen-bond donors (Lipinski definition) is 1. The standard InChI is InChI=1S/C34H27F3N4O/c35-34(36,37)26-8-4-10-29(21-26)42-28-9-3-7-25(20-28)32-40-31-30(24-12-11-22-5-1-2-6-23(22)19-24)15-18-39-33(31)41(32)27-13-16-38-17-14-27/h1-12,15,18-21,27,38H,13-14,16-17H2. The molecule has 0 bridgehead atoms. The number of imidazole rings is 1. The van der Waals surface area contributed by atoms with Gasteiger partial charge in [0, 0.05) is 23.4 Å². The van der Waals surface area contributed by atoms with E-state index in [0.717, 1.165) is 77.1 Å². The summed E-state index contributed by atoms with van der Waals surface area (Å²) in [5, 5.41) is 5.76. The Balaban J connectivity index is 1.34. The normalized spacial score (nSPS) is 14.5. The highest BCUT2D eigenvalue weighted by molar-refractivity contribution is 5.95. The van der Waals surface area contributed by atoms with E-state index in [2.05, 4.69) is 40.2 Å². The molecule has 2 aromatic heterocycles. The van der Waals surface area contributed by atoms with Gasteiger partial charge in [-0.2, -0.15) is 13.2 Å². The molecule has 42 heavy (non-hydrogen) atoms. The van der Waals surface area contributed by atoms with Crippen LogP contribution in [0.15, 0.2) is 103 Å². The van der Waals surface area contributed by atoms with Crippen LogP contribution >= 0.6 is 0 Å². The van der Waals surface area contributed by atoms with Gasteiger partial charge in [-0.3, -0.25) is 0 Å². The topological polar surface area (TPSA) is 52.0 Å². The summed E-state index contributed by atoms with van der Waals surface area (Å²) in [6.07, 6.45) is -0.749. The van der Waals surface area contributed by atoms with Gasteiger partial charge in [0.1, 0.15) is 22.8 Å². The molecule has 6 aromatic rings. The van der Waals surface area contributed by atoms with Gasteiger partial charge in [0.25, 0.3) is 0 Å². The van der Waals surface area contributed by atoms with Crippen molar-refractivity contribution in [2.45, 2.75) is 25.1 Å². The van der Waals surface area contributed by atoms with Gasteiger partial charge < -0.3 is 14.6 Å². The molecule has 0 amide bonds. The molecule has 0 aliphatic carbocycles. The van der Waals surface area contributed by atoms with Crippen molar-refractivity contribution in [3.8, 4) is 34.0 Å². The van der Waals surface area contributed by atoms with Gasteiger partial charge in [0.05, 0.1) is 5.56 Å². The Labute approximate surface area is 240 Å². The minimum absolute atomic E-state index is 0.120. The second-order valence-corrected chi connectivity index (χ2v) is 10.5. The van der Waals surface area contributed by atoms with Gasteiger partial charge in [-0.15, -0.1) is 0 Å². The number of aromatic nitrogens is 3. The van der Waals surface area contributed by atoms with E-state index >= 15 is 0 Å². The maximum absolute atomic E-state index is 13.3. The third-order valence-electron chi connectivity index (χ3n) is 7.80. The van der Waals surface area contributed by atoms with Crippen molar-refractivity contribution in [3.05, 3.63) is 109 Å². The number of nitrogens with one attached hydrogen (secondary N) is 1. The third-order valence-corrected chi connectivity index (χ3v) is 7.80.